The van der Waals surface area contributed by atoms with Crippen molar-refractivity contribution in [2.45, 2.75) is 52.1 Å². The van der Waals surface area contributed by atoms with Crippen molar-refractivity contribution in [3.05, 3.63) is 11.1 Å². The second-order valence-corrected chi connectivity index (χ2v) is 4.80. The topological polar surface area (TPSA) is 32.3 Å². The fraction of sp³-hybridized carbons (Fsp3) is 0.818. The van der Waals surface area contributed by atoms with Crippen LogP contribution < -0.4 is 5.32 Å². The zero-order valence-electron chi connectivity index (χ0n) is 9.15. The molecule has 76 valence electrons. The first-order valence-corrected chi connectivity index (χ1v) is 5.01. The average Bonchev–Trinajstić information content (AvgIpc) is 2.26. The predicted molar refractivity (Wildman–Crippen MR) is 55.7 cm³/mol. The van der Waals surface area contributed by atoms with E-state index in [9.17, 15) is 0 Å². The Bertz CT molecular complexity index is 214. The van der Waals surface area contributed by atoms with Crippen LogP contribution in [-0.2, 0) is 0 Å². The lowest BCUT2D eigenvalue weighted by molar-refractivity contribution is 0.270. The summed E-state index contributed by atoms with van der Waals surface area (Å²) in [5.74, 6) is 0. The summed E-state index contributed by atoms with van der Waals surface area (Å²) in [6.45, 7) is 9.01. The largest absolute Gasteiger partial charge is 0.396 e. The molecule has 0 aromatic carbocycles. The van der Waals surface area contributed by atoms with Crippen LogP contribution in [0.1, 0.15) is 40.5 Å². The summed E-state index contributed by atoms with van der Waals surface area (Å²) in [6.07, 6.45) is 1.95. The van der Waals surface area contributed by atoms with Crippen molar-refractivity contribution in [3.63, 3.8) is 0 Å². The maximum Gasteiger partial charge on any atom is 0.0449 e. The van der Waals surface area contributed by atoms with Gasteiger partial charge in [-0.05, 0) is 40.5 Å². The smallest absolute Gasteiger partial charge is 0.0449 e. The van der Waals surface area contributed by atoms with E-state index in [-0.39, 0.29) is 12.1 Å². The molecule has 1 aliphatic heterocycles. The molecular weight excluding hydrogens is 162 g/mol. The Hall–Kier alpha value is -0.340. The molecule has 0 aromatic rings. The molecule has 0 bridgehead atoms. The van der Waals surface area contributed by atoms with Gasteiger partial charge < -0.3 is 10.4 Å². The second-order valence-electron chi connectivity index (χ2n) is 4.80. The van der Waals surface area contributed by atoms with Crippen LogP contribution in [0.15, 0.2) is 11.1 Å². The molecule has 0 spiro atoms. The lowest BCUT2D eigenvalue weighted by Gasteiger charge is -2.18. The summed E-state index contributed by atoms with van der Waals surface area (Å²) in [5, 5.41) is 12.5. The zero-order valence-corrected chi connectivity index (χ0v) is 9.15. The van der Waals surface area contributed by atoms with Gasteiger partial charge in [0.05, 0.1) is 0 Å². The van der Waals surface area contributed by atoms with Gasteiger partial charge in [0, 0.05) is 18.2 Å². The van der Waals surface area contributed by atoms with Crippen molar-refractivity contribution in [2.75, 3.05) is 6.61 Å². The van der Waals surface area contributed by atoms with Crippen molar-refractivity contribution in [1.29, 1.82) is 0 Å². The summed E-state index contributed by atoms with van der Waals surface area (Å²) < 4.78 is 0. The predicted octanol–water partition coefficient (Wildman–Crippen LogP) is 1.85. The first kappa shape index (κ1) is 10.7. The number of aliphatic hydroxyl groups excluding tert-OH is 1. The van der Waals surface area contributed by atoms with E-state index in [1.165, 1.54) is 11.1 Å². The van der Waals surface area contributed by atoms with E-state index in [1.54, 1.807) is 0 Å². The molecule has 1 rings (SSSR count). The van der Waals surface area contributed by atoms with E-state index in [1.807, 2.05) is 0 Å². The fourth-order valence-electron chi connectivity index (χ4n) is 2.11. The minimum Gasteiger partial charge on any atom is -0.396 e. The monoisotopic (exact) mass is 183 g/mol. The van der Waals surface area contributed by atoms with Crippen LogP contribution in [0.5, 0.6) is 0 Å². The molecule has 0 aromatic heterocycles. The maximum atomic E-state index is 8.93. The summed E-state index contributed by atoms with van der Waals surface area (Å²) in [6, 6.07) is 0.394. The number of rotatable bonds is 2. The molecular formula is C11H21NO. The van der Waals surface area contributed by atoms with Crippen molar-refractivity contribution in [2.24, 2.45) is 0 Å². The van der Waals surface area contributed by atoms with Gasteiger partial charge in [-0.1, -0.05) is 11.1 Å². The van der Waals surface area contributed by atoms with Crippen molar-refractivity contribution in [1.82, 2.24) is 5.32 Å². The summed E-state index contributed by atoms with van der Waals surface area (Å²) in [7, 11) is 0. The van der Waals surface area contributed by atoms with Crippen LogP contribution in [0, 0.1) is 0 Å². The number of hydrogen-bond acceptors (Lipinski definition) is 2. The molecule has 2 nitrogen and oxygen atoms in total. The molecule has 1 saturated heterocycles. The van der Waals surface area contributed by atoms with Gasteiger partial charge in [-0.25, -0.2) is 0 Å². The van der Waals surface area contributed by atoms with E-state index in [4.69, 9.17) is 5.11 Å². The van der Waals surface area contributed by atoms with Gasteiger partial charge in [0.25, 0.3) is 0 Å². The third-order valence-electron chi connectivity index (χ3n) is 2.68. The first-order chi connectivity index (χ1) is 5.96. The van der Waals surface area contributed by atoms with Crippen LogP contribution in [-0.4, -0.2) is 23.3 Å². The van der Waals surface area contributed by atoms with Crippen molar-refractivity contribution < 1.29 is 5.11 Å². The third-order valence-corrected chi connectivity index (χ3v) is 2.68. The van der Waals surface area contributed by atoms with Gasteiger partial charge in [0.15, 0.2) is 0 Å². The lowest BCUT2D eigenvalue weighted by Crippen LogP contribution is -2.37. The van der Waals surface area contributed by atoms with Crippen molar-refractivity contribution in [3.8, 4) is 0 Å². The molecule has 1 unspecified atom stereocenters. The molecule has 1 fully saturated rings. The van der Waals surface area contributed by atoms with Gasteiger partial charge in [-0.2, -0.15) is 0 Å². The minimum atomic E-state index is 0.201. The van der Waals surface area contributed by atoms with E-state index in [0.717, 1.165) is 12.8 Å². The third kappa shape index (κ3) is 2.55. The van der Waals surface area contributed by atoms with E-state index >= 15 is 0 Å². The molecule has 0 radical (unpaired) electrons. The molecule has 1 aliphatic rings. The number of nitrogens with one attached hydrogen (secondary N) is 1. The Balaban J connectivity index is 2.78. The number of hydrogen-bond donors (Lipinski definition) is 2. The highest BCUT2D eigenvalue weighted by atomic mass is 16.3. The summed E-state index contributed by atoms with van der Waals surface area (Å²) in [4.78, 5) is 0. The summed E-state index contributed by atoms with van der Waals surface area (Å²) >= 11 is 0. The van der Waals surface area contributed by atoms with Crippen LogP contribution in [0.3, 0.4) is 0 Å². The standard InChI is InChI=1S/C11H21NO/c1-8(2)9-7-11(3,4)12-10(9)5-6-13/h10,12-13H,5-7H2,1-4H3. The molecule has 2 N–H and O–H groups in total. The van der Waals surface area contributed by atoms with E-state index < -0.39 is 0 Å². The van der Waals surface area contributed by atoms with E-state index in [0.29, 0.717) is 6.04 Å². The Morgan fingerprint density at radius 1 is 1.54 bits per heavy atom. The minimum absolute atomic E-state index is 0.201. The number of aliphatic hydroxyl groups is 1. The second kappa shape index (κ2) is 3.81. The maximum absolute atomic E-state index is 8.93. The first-order valence-electron chi connectivity index (χ1n) is 5.01. The average molecular weight is 183 g/mol. The molecule has 2 heteroatoms. The molecule has 0 amide bonds. The highest BCUT2D eigenvalue weighted by Crippen LogP contribution is 2.31. The fourth-order valence-corrected chi connectivity index (χ4v) is 2.11. The molecule has 1 heterocycles. The van der Waals surface area contributed by atoms with Gasteiger partial charge in [-0.3, -0.25) is 0 Å². The molecule has 1 atom stereocenters. The number of allylic oxidation sites excluding steroid dienone is 1. The molecule has 0 aliphatic carbocycles. The van der Waals surface area contributed by atoms with Crippen LogP contribution in [0.4, 0.5) is 0 Å². The van der Waals surface area contributed by atoms with E-state index in [2.05, 4.69) is 33.0 Å². The highest BCUT2D eigenvalue weighted by Gasteiger charge is 2.33. The zero-order chi connectivity index (χ0) is 10.1. The van der Waals surface area contributed by atoms with Crippen LogP contribution >= 0.6 is 0 Å². The normalized spacial score (nSPS) is 26.5. The van der Waals surface area contributed by atoms with Gasteiger partial charge in [0.2, 0.25) is 0 Å². The Kier molecular flexibility index (Phi) is 3.14. The van der Waals surface area contributed by atoms with Crippen molar-refractivity contribution >= 4 is 0 Å². The highest BCUT2D eigenvalue weighted by molar-refractivity contribution is 5.25. The van der Waals surface area contributed by atoms with Crippen LogP contribution in [0.2, 0.25) is 0 Å². The van der Waals surface area contributed by atoms with Gasteiger partial charge in [-0.15, -0.1) is 0 Å². The molecule has 13 heavy (non-hydrogen) atoms. The SMILES string of the molecule is CC(C)=C1CC(C)(C)NC1CCO. The Morgan fingerprint density at radius 2 is 2.15 bits per heavy atom. The Labute approximate surface area is 81.0 Å². The quantitative estimate of drug-likeness (QED) is 0.640. The van der Waals surface area contributed by atoms with Crippen LogP contribution in [0.25, 0.3) is 0 Å². The lowest BCUT2D eigenvalue weighted by atomic mass is 9.95. The summed E-state index contributed by atoms with van der Waals surface area (Å²) in [5.41, 5.74) is 3.09. The van der Waals surface area contributed by atoms with Gasteiger partial charge in [0.1, 0.15) is 0 Å². The molecule has 0 saturated carbocycles. The Morgan fingerprint density at radius 3 is 2.62 bits per heavy atom. The van der Waals surface area contributed by atoms with Gasteiger partial charge >= 0.3 is 0 Å².